The van der Waals surface area contributed by atoms with Crippen molar-refractivity contribution in [3.8, 4) is 0 Å². The molecule has 3 aromatic heterocycles. The Bertz CT molecular complexity index is 653. The Hall–Kier alpha value is -3.64. The van der Waals surface area contributed by atoms with Crippen molar-refractivity contribution in [3.63, 3.8) is 0 Å². The maximum Gasteiger partial charge on any atom is 0.358 e. The Kier molecular flexibility index (Phi) is 9.39. The zero-order valence-corrected chi connectivity index (χ0v) is 13.2. The summed E-state index contributed by atoms with van der Waals surface area (Å²) >= 11 is 0. The molecule has 0 bridgehead atoms. The van der Waals surface area contributed by atoms with Crippen molar-refractivity contribution in [2.45, 2.75) is 0 Å². The number of aromatic nitrogens is 9. The van der Waals surface area contributed by atoms with E-state index in [1.54, 1.807) is 0 Å². The van der Waals surface area contributed by atoms with Crippen LogP contribution in [0.1, 0.15) is 31.5 Å². The number of rotatable bonds is 3. The van der Waals surface area contributed by atoms with Gasteiger partial charge in [0, 0.05) is 17.4 Å². The van der Waals surface area contributed by atoms with Gasteiger partial charge in [0.05, 0.1) is 18.6 Å². The molecule has 25 heavy (non-hydrogen) atoms. The molecular formula is C9H9CrN9O6. The minimum Gasteiger partial charge on any atom is -0.476 e. The molecule has 3 rings (SSSR count). The molecule has 0 fully saturated rings. The van der Waals surface area contributed by atoms with E-state index in [9.17, 15) is 14.4 Å². The third-order valence-corrected chi connectivity index (χ3v) is 1.90. The molecule has 0 saturated carbocycles. The molecule has 15 nitrogen and oxygen atoms in total. The number of carboxylic acids is 3. The molecule has 16 heteroatoms. The molecule has 0 aliphatic heterocycles. The minimum absolute atomic E-state index is 0. The molecule has 0 unspecified atom stereocenters. The van der Waals surface area contributed by atoms with E-state index >= 15 is 0 Å². The second kappa shape index (κ2) is 11.0. The van der Waals surface area contributed by atoms with Crippen LogP contribution in [0.25, 0.3) is 0 Å². The van der Waals surface area contributed by atoms with Crippen molar-refractivity contribution in [2.75, 3.05) is 0 Å². The zero-order chi connectivity index (χ0) is 17.9. The Labute approximate surface area is 147 Å². The Morgan fingerprint density at radius 3 is 0.960 bits per heavy atom. The average molecular weight is 391 g/mol. The number of nitrogens with zero attached hydrogens (tertiary/aromatic N) is 6. The van der Waals surface area contributed by atoms with Gasteiger partial charge >= 0.3 is 17.9 Å². The predicted molar refractivity (Wildman–Crippen MR) is 70.0 cm³/mol. The number of carbonyl (C=O) groups is 3. The van der Waals surface area contributed by atoms with Crippen LogP contribution in [-0.4, -0.2) is 79.5 Å². The van der Waals surface area contributed by atoms with Gasteiger partial charge in [0.1, 0.15) is 0 Å². The summed E-state index contributed by atoms with van der Waals surface area (Å²) in [7, 11) is 0. The number of hydrogen-bond acceptors (Lipinski definition) is 9. The van der Waals surface area contributed by atoms with Gasteiger partial charge in [0.2, 0.25) is 0 Å². The molecule has 6 N–H and O–H groups in total. The summed E-state index contributed by atoms with van der Waals surface area (Å²) in [5.41, 5.74) is -0.194. The molecule has 132 valence electrons. The fourth-order valence-electron chi connectivity index (χ4n) is 0.914. The van der Waals surface area contributed by atoms with Crippen LogP contribution in [0.15, 0.2) is 18.6 Å². The van der Waals surface area contributed by atoms with E-state index in [2.05, 4.69) is 46.2 Å². The van der Waals surface area contributed by atoms with Gasteiger partial charge in [0.15, 0.2) is 17.1 Å². The van der Waals surface area contributed by atoms with Crippen molar-refractivity contribution in [2.24, 2.45) is 0 Å². The van der Waals surface area contributed by atoms with Crippen molar-refractivity contribution in [3.05, 3.63) is 35.7 Å². The van der Waals surface area contributed by atoms with Crippen molar-refractivity contribution in [1.29, 1.82) is 0 Å². The fraction of sp³-hybridized carbons (Fsp3) is 0. The third-order valence-electron chi connectivity index (χ3n) is 1.90. The van der Waals surface area contributed by atoms with Gasteiger partial charge in [-0.15, -0.1) is 15.3 Å². The normalized spacial score (nSPS) is 8.64. The maximum absolute atomic E-state index is 9.94. The molecular weight excluding hydrogens is 382 g/mol. The van der Waals surface area contributed by atoms with Crippen LogP contribution in [-0.2, 0) is 17.4 Å². The van der Waals surface area contributed by atoms with E-state index in [1.165, 1.54) is 0 Å². The van der Waals surface area contributed by atoms with Crippen LogP contribution >= 0.6 is 0 Å². The van der Waals surface area contributed by atoms with Gasteiger partial charge < -0.3 is 15.3 Å². The number of hydrogen-bond donors (Lipinski definition) is 6. The summed E-state index contributed by atoms with van der Waals surface area (Å²) in [4.78, 5) is 29.8. The molecule has 0 spiro atoms. The topological polar surface area (TPSA) is 237 Å². The molecule has 3 heterocycles. The van der Waals surface area contributed by atoms with Crippen LogP contribution in [0.4, 0.5) is 0 Å². The molecule has 0 aliphatic carbocycles. The molecule has 0 amide bonds. The standard InChI is InChI=1S/3C3H3N3O2.Cr/c3*7-3(8)2-1-4-6-5-2;/h3*1H,(H,7,8)(H,4,5,6);. The average Bonchev–Trinajstić information content (AvgIpc) is 3.29. The monoisotopic (exact) mass is 391 g/mol. The van der Waals surface area contributed by atoms with Gasteiger partial charge in [-0.1, -0.05) is 0 Å². The predicted octanol–water partition coefficient (Wildman–Crippen LogP) is -1.49. The molecule has 3 aromatic rings. The molecule has 0 aliphatic rings. The number of aromatic amines is 3. The molecule has 0 atom stereocenters. The van der Waals surface area contributed by atoms with E-state index in [1.807, 2.05) is 0 Å². The number of H-pyrrole nitrogens is 3. The first-order chi connectivity index (χ1) is 11.4. The third kappa shape index (κ3) is 7.96. The minimum atomic E-state index is -1.07. The van der Waals surface area contributed by atoms with Crippen molar-refractivity contribution < 1.29 is 47.1 Å². The summed E-state index contributed by atoms with van der Waals surface area (Å²) in [6.07, 6.45) is 3.42. The van der Waals surface area contributed by atoms with Gasteiger partial charge in [-0.2, -0.15) is 30.9 Å². The zero-order valence-electron chi connectivity index (χ0n) is 11.9. The second-order valence-corrected chi connectivity index (χ2v) is 3.48. The van der Waals surface area contributed by atoms with Gasteiger partial charge in [-0.3, -0.25) is 0 Å². The fourth-order valence-corrected chi connectivity index (χ4v) is 0.914. The van der Waals surface area contributed by atoms with Crippen LogP contribution in [0, 0.1) is 0 Å². The van der Waals surface area contributed by atoms with Gasteiger partial charge in [-0.05, 0) is 0 Å². The Morgan fingerprint density at radius 2 is 0.880 bits per heavy atom. The summed E-state index contributed by atoms with van der Waals surface area (Å²) in [5.74, 6) is -3.21. The number of aromatic carboxylic acids is 3. The summed E-state index contributed by atoms with van der Waals surface area (Å²) in [6.45, 7) is 0. The molecule has 0 radical (unpaired) electrons. The van der Waals surface area contributed by atoms with Crippen molar-refractivity contribution in [1.82, 2.24) is 46.2 Å². The largest absolute Gasteiger partial charge is 0.476 e. The van der Waals surface area contributed by atoms with Crippen LogP contribution in [0.3, 0.4) is 0 Å². The Morgan fingerprint density at radius 1 is 0.640 bits per heavy atom. The first kappa shape index (κ1) is 21.4. The Balaban J connectivity index is 0.000000339. The second-order valence-electron chi connectivity index (χ2n) is 3.48. The first-order valence-electron chi connectivity index (χ1n) is 5.69. The smallest absolute Gasteiger partial charge is 0.358 e. The maximum atomic E-state index is 9.94. The molecule has 0 saturated heterocycles. The summed E-state index contributed by atoms with van der Waals surface area (Å²) in [6, 6.07) is 0. The van der Waals surface area contributed by atoms with E-state index in [4.69, 9.17) is 15.3 Å². The van der Waals surface area contributed by atoms with Crippen molar-refractivity contribution >= 4 is 17.9 Å². The summed E-state index contributed by atoms with van der Waals surface area (Å²) < 4.78 is 0. The number of carboxylic acid groups (broad SMARTS) is 3. The number of nitrogens with one attached hydrogen (secondary N) is 3. The van der Waals surface area contributed by atoms with Gasteiger partial charge in [0.25, 0.3) is 0 Å². The summed E-state index contributed by atoms with van der Waals surface area (Å²) in [5, 5.41) is 50.7. The molecule has 0 aromatic carbocycles. The van der Waals surface area contributed by atoms with Crippen LogP contribution in [0.2, 0.25) is 0 Å². The van der Waals surface area contributed by atoms with Crippen LogP contribution in [0.5, 0.6) is 0 Å². The van der Waals surface area contributed by atoms with Gasteiger partial charge in [-0.25, -0.2) is 14.4 Å². The van der Waals surface area contributed by atoms with E-state index in [0.717, 1.165) is 18.6 Å². The SMILES string of the molecule is O=C(O)c1cn[nH]n1.O=C(O)c1cn[nH]n1.O=C(O)c1cn[nH]n1.[Cr]. The quantitative estimate of drug-likeness (QED) is 0.299. The van der Waals surface area contributed by atoms with E-state index in [-0.39, 0.29) is 34.4 Å². The van der Waals surface area contributed by atoms with Crippen LogP contribution < -0.4 is 0 Å². The first-order valence-corrected chi connectivity index (χ1v) is 5.69. The van der Waals surface area contributed by atoms with E-state index in [0.29, 0.717) is 0 Å². The van der Waals surface area contributed by atoms with E-state index < -0.39 is 17.9 Å².